The summed E-state index contributed by atoms with van der Waals surface area (Å²) in [6, 6.07) is 9.77. The van der Waals surface area contributed by atoms with Crippen molar-refractivity contribution in [1.82, 2.24) is 9.97 Å². The zero-order valence-electron chi connectivity index (χ0n) is 16.6. The minimum absolute atomic E-state index is 0.0770. The molecule has 0 unspecified atom stereocenters. The van der Waals surface area contributed by atoms with Gasteiger partial charge in [-0.15, -0.1) is 11.3 Å². The highest BCUT2D eigenvalue weighted by Gasteiger charge is 2.19. The average Bonchev–Trinajstić information content (AvgIpc) is 3.22. The van der Waals surface area contributed by atoms with E-state index in [1.807, 2.05) is 0 Å². The van der Waals surface area contributed by atoms with Crippen LogP contribution in [0.4, 0.5) is 5.82 Å². The van der Waals surface area contributed by atoms with Gasteiger partial charge < -0.3 is 5.21 Å². The molecule has 2 heterocycles. The highest BCUT2D eigenvalue weighted by molar-refractivity contribution is 7.92. The van der Waals surface area contributed by atoms with Crippen LogP contribution in [0.3, 0.4) is 0 Å². The lowest BCUT2D eigenvalue weighted by Crippen LogP contribution is -2.16. The number of rotatable bonds is 6. The van der Waals surface area contributed by atoms with Crippen LogP contribution in [0, 0.1) is 0 Å². The van der Waals surface area contributed by atoms with Gasteiger partial charge >= 0.3 is 0 Å². The minimum atomic E-state index is -3.83. The summed E-state index contributed by atoms with van der Waals surface area (Å²) in [4.78, 5) is 9.07. The van der Waals surface area contributed by atoms with E-state index in [2.05, 4.69) is 40.6 Å². The molecule has 1 aromatic carbocycles. The molecular weight excluding hydrogens is 444 g/mol. The van der Waals surface area contributed by atoms with E-state index in [9.17, 15) is 13.6 Å². The third-order valence-electron chi connectivity index (χ3n) is 4.36. The van der Waals surface area contributed by atoms with Gasteiger partial charge in [0.2, 0.25) is 0 Å². The zero-order valence-corrected chi connectivity index (χ0v) is 19.0. The molecule has 0 fully saturated rings. The molecule has 0 spiro atoms. The van der Waals surface area contributed by atoms with Gasteiger partial charge in [-0.3, -0.25) is 9.71 Å². The van der Waals surface area contributed by atoms with Crippen LogP contribution in [-0.2, 0) is 21.9 Å². The Morgan fingerprint density at radius 2 is 1.90 bits per heavy atom. The molecule has 3 aromatic rings. The largest absolute Gasteiger partial charge is 0.411 e. The fourth-order valence-electron chi connectivity index (χ4n) is 2.68. The van der Waals surface area contributed by atoms with E-state index in [4.69, 9.17) is 11.6 Å². The van der Waals surface area contributed by atoms with Gasteiger partial charge in [0.05, 0.1) is 26.0 Å². The minimum Gasteiger partial charge on any atom is -0.411 e. The Bertz CT molecular complexity index is 1150. The lowest BCUT2D eigenvalue weighted by atomic mass is 9.87. The molecule has 0 aliphatic carbocycles. The second-order valence-corrected chi connectivity index (χ2v) is 10.6. The Morgan fingerprint density at radius 1 is 1.20 bits per heavy atom. The second-order valence-electron chi connectivity index (χ2n) is 7.59. The smallest absolute Gasteiger partial charge is 0.263 e. The van der Waals surface area contributed by atoms with Crippen LogP contribution in [0.2, 0.25) is 5.02 Å². The van der Waals surface area contributed by atoms with E-state index in [1.54, 1.807) is 42.0 Å². The van der Waals surface area contributed by atoms with Crippen molar-refractivity contribution >= 4 is 44.5 Å². The fourth-order valence-corrected chi connectivity index (χ4v) is 4.46. The maximum atomic E-state index is 12.8. The van der Waals surface area contributed by atoms with Gasteiger partial charge in [0.1, 0.15) is 11.5 Å². The van der Waals surface area contributed by atoms with Crippen LogP contribution in [0.1, 0.15) is 36.9 Å². The van der Waals surface area contributed by atoms with Crippen LogP contribution in [-0.4, -0.2) is 29.3 Å². The van der Waals surface area contributed by atoms with Crippen molar-refractivity contribution in [1.29, 1.82) is 0 Å². The molecule has 10 heteroatoms. The first-order valence-corrected chi connectivity index (χ1v) is 11.7. The van der Waals surface area contributed by atoms with Gasteiger partial charge in [0.15, 0.2) is 0 Å². The van der Waals surface area contributed by atoms with Gasteiger partial charge in [0.25, 0.3) is 10.0 Å². The van der Waals surface area contributed by atoms with Crippen molar-refractivity contribution in [3.8, 4) is 0 Å². The van der Waals surface area contributed by atoms with Crippen LogP contribution < -0.4 is 4.72 Å². The molecule has 0 bridgehead atoms. The topological polar surface area (TPSA) is 105 Å². The number of nitrogens with zero attached hydrogens (tertiary/aromatic N) is 3. The molecule has 0 radical (unpaired) electrons. The van der Waals surface area contributed by atoms with Crippen molar-refractivity contribution in [2.24, 2.45) is 5.16 Å². The monoisotopic (exact) mass is 464 g/mol. The lowest BCUT2D eigenvalue weighted by Gasteiger charge is -2.19. The molecular formula is C20H21ClN4O3S2. The number of thiazole rings is 1. The first-order valence-electron chi connectivity index (χ1n) is 8.99. The number of sulfonamides is 1. The molecule has 30 heavy (non-hydrogen) atoms. The fraction of sp³-hybridized carbons (Fsp3) is 0.250. The average molecular weight is 465 g/mol. The van der Waals surface area contributed by atoms with Gasteiger partial charge in [0, 0.05) is 12.6 Å². The molecule has 2 N–H and O–H groups in total. The summed E-state index contributed by atoms with van der Waals surface area (Å²) in [5.41, 5.74) is 3.29. The third kappa shape index (κ3) is 5.16. The highest BCUT2D eigenvalue weighted by atomic mass is 35.5. The standard InChI is InChI=1S/C20H21ClN4O3S2/c1-20(2,3)13-4-6-14(7-5-13)30(27,28)25-19-9-8-15(21)16(23-19)10-17(24-26)18-11-22-12-29-18/h4-9,11-12,26H,10H2,1-3H3,(H,23,25). The lowest BCUT2D eigenvalue weighted by molar-refractivity contribution is 0.318. The van der Waals surface area contributed by atoms with E-state index in [0.717, 1.165) is 5.56 Å². The molecule has 0 aliphatic heterocycles. The molecule has 3 rings (SSSR count). The quantitative estimate of drug-likeness (QED) is 0.312. The number of aromatic nitrogens is 2. The predicted octanol–water partition coefficient (Wildman–Crippen LogP) is 4.71. The first kappa shape index (κ1) is 22.2. The molecule has 7 nitrogen and oxygen atoms in total. The van der Waals surface area contributed by atoms with Crippen LogP contribution in [0.5, 0.6) is 0 Å². The number of oxime groups is 1. The maximum absolute atomic E-state index is 12.8. The van der Waals surface area contributed by atoms with Crippen LogP contribution in [0.25, 0.3) is 0 Å². The van der Waals surface area contributed by atoms with Gasteiger partial charge in [-0.2, -0.15) is 0 Å². The number of benzene rings is 1. The molecule has 0 amide bonds. The van der Waals surface area contributed by atoms with Crippen LogP contribution in [0.15, 0.2) is 58.2 Å². The van der Waals surface area contributed by atoms with Crippen molar-refractivity contribution in [3.05, 3.63) is 69.3 Å². The van der Waals surface area contributed by atoms with Crippen molar-refractivity contribution < 1.29 is 13.6 Å². The SMILES string of the molecule is CC(C)(C)c1ccc(S(=O)(=O)Nc2ccc(Cl)c(CC(=NO)c3cncs3)n2)cc1. The van der Waals surface area contributed by atoms with Crippen molar-refractivity contribution in [3.63, 3.8) is 0 Å². The maximum Gasteiger partial charge on any atom is 0.263 e. The summed E-state index contributed by atoms with van der Waals surface area (Å²) in [5, 5.41) is 12.9. The van der Waals surface area contributed by atoms with E-state index in [1.165, 1.54) is 17.4 Å². The summed E-state index contributed by atoms with van der Waals surface area (Å²) in [7, 11) is -3.83. The van der Waals surface area contributed by atoms with Gasteiger partial charge in [-0.1, -0.05) is 49.7 Å². The number of halogens is 1. The van der Waals surface area contributed by atoms with E-state index in [0.29, 0.717) is 21.3 Å². The highest BCUT2D eigenvalue weighted by Crippen LogP contribution is 2.25. The molecule has 0 saturated heterocycles. The molecule has 0 atom stereocenters. The Labute approximate surface area is 184 Å². The second kappa shape index (κ2) is 8.71. The van der Waals surface area contributed by atoms with E-state index >= 15 is 0 Å². The predicted molar refractivity (Wildman–Crippen MR) is 119 cm³/mol. The summed E-state index contributed by atoms with van der Waals surface area (Å²) < 4.78 is 28.0. The number of hydrogen-bond donors (Lipinski definition) is 2. The van der Waals surface area contributed by atoms with Gasteiger partial charge in [-0.05, 0) is 35.2 Å². The number of pyridine rings is 1. The zero-order chi connectivity index (χ0) is 21.9. The number of nitrogens with one attached hydrogen (secondary N) is 1. The van der Waals surface area contributed by atoms with Gasteiger partial charge in [-0.25, -0.2) is 13.4 Å². The van der Waals surface area contributed by atoms with Crippen LogP contribution >= 0.6 is 22.9 Å². The molecule has 2 aromatic heterocycles. The number of anilines is 1. The third-order valence-corrected chi connectivity index (χ3v) is 6.90. The van der Waals surface area contributed by atoms with Crippen molar-refractivity contribution in [2.45, 2.75) is 37.5 Å². The Kier molecular flexibility index (Phi) is 6.44. The number of hydrogen-bond acceptors (Lipinski definition) is 7. The van der Waals surface area contributed by atoms with E-state index in [-0.39, 0.29) is 22.5 Å². The summed E-state index contributed by atoms with van der Waals surface area (Å²) in [6.07, 6.45) is 1.69. The summed E-state index contributed by atoms with van der Waals surface area (Å²) in [6.45, 7) is 6.18. The van der Waals surface area contributed by atoms with E-state index < -0.39 is 10.0 Å². The Hall–Kier alpha value is -2.49. The molecule has 0 saturated carbocycles. The normalized spacial score (nSPS) is 12.7. The first-order chi connectivity index (χ1) is 14.1. The Morgan fingerprint density at radius 3 is 2.47 bits per heavy atom. The summed E-state index contributed by atoms with van der Waals surface area (Å²) in [5.74, 6) is 0.121. The van der Waals surface area contributed by atoms with Crippen molar-refractivity contribution in [2.75, 3.05) is 4.72 Å². The molecule has 0 aliphatic rings. The Balaban J connectivity index is 1.84. The summed E-state index contributed by atoms with van der Waals surface area (Å²) >= 11 is 7.53. The molecule has 158 valence electrons.